The molecule has 0 saturated carbocycles. The largest absolute Gasteiger partial charge is 0.478 e. The number of pyridine rings is 1. The van der Waals surface area contributed by atoms with Crippen molar-refractivity contribution in [2.75, 3.05) is 0 Å². The highest BCUT2D eigenvalue weighted by atomic mass is 79.9. The molecule has 0 amide bonds. The predicted octanol–water partition coefficient (Wildman–Crippen LogP) is 3.26. The first-order valence-corrected chi connectivity index (χ1v) is 5.73. The molecule has 3 nitrogen and oxygen atoms in total. The molecule has 82 valence electrons. The van der Waals surface area contributed by atoms with E-state index in [1.807, 2.05) is 25.1 Å². The van der Waals surface area contributed by atoms with Crippen LogP contribution in [0.4, 0.5) is 0 Å². The van der Waals surface area contributed by atoms with Crippen molar-refractivity contribution < 1.29 is 9.90 Å². The molecule has 0 aliphatic carbocycles. The Morgan fingerprint density at radius 2 is 2.19 bits per heavy atom. The molecule has 1 heterocycles. The van der Waals surface area contributed by atoms with Crippen molar-refractivity contribution in [3.63, 3.8) is 0 Å². The minimum atomic E-state index is -0.925. The summed E-state index contributed by atoms with van der Waals surface area (Å²) in [5, 5.41) is 9.91. The number of carbonyl (C=O) groups is 1. The van der Waals surface area contributed by atoms with E-state index in [4.69, 9.17) is 5.11 Å². The maximum absolute atomic E-state index is 11.1. The van der Waals surface area contributed by atoms with E-state index in [0.717, 1.165) is 15.4 Å². The van der Waals surface area contributed by atoms with Gasteiger partial charge in [-0.15, -0.1) is 0 Å². The lowest BCUT2D eigenvalue weighted by atomic mass is 10.1. The van der Waals surface area contributed by atoms with Crippen LogP contribution in [-0.2, 0) is 6.42 Å². The van der Waals surface area contributed by atoms with Gasteiger partial charge in [-0.2, -0.15) is 0 Å². The molecule has 1 aromatic carbocycles. The molecular weight excluding hydrogens is 270 g/mol. The molecule has 2 aromatic rings. The zero-order valence-corrected chi connectivity index (χ0v) is 10.3. The molecule has 4 heteroatoms. The van der Waals surface area contributed by atoms with Crippen molar-refractivity contribution in [1.82, 2.24) is 4.98 Å². The smallest absolute Gasteiger partial charge is 0.337 e. The third-order valence-corrected chi connectivity index (χ3v) is 2.91. The van der Waals surface area contributed by atoms with E-state index in [1.54, 1.807) is 6.07 Å². The van der Waals surface area contributed by atoms with Crippen LogP contribution in [0.15, 0.2) is 28.7 Å². The first-order chi connectivity index (χ1) is 7.61. The molecule has 1 aromatic heterocycles. The average molecular weight is 280 g/mol. The number of carboxylic acids is 1. The number of fused-ring (bicyclic) bond motifs is 1. The van der Waals surface area contributed by atoms with E-state index < -0.39 is 5.97 Å². The molecule has 0 saturated heterocycles. The van der Waals surface area contributed by atoms with Gasteiger partial charge in [0.1, 0.15) is 0 Å². The van der Waals surface area contributed by atoms with Crippen LogP contribution in [-0.4, -0.2) is 16.1 Å². The number of hydrogen-bond acceptors (Lipinski definition) is 2. The van der Waals surface area contributed by atoms with E-state index in [9.17, 15) is 4.79 Å². The number of aromatic carboxylic acids is 1. The van der Waals surface area contributed by atoms with Gasteiger partial charge >= 0.3 is 5.97 Å². The monoisotopic (exact) mass is 279 g/mol. The summed E-state index contributed by atoms with van der Waals surface area (Å²) >= 11 is 3.35. The van der Waals surface area contributed by atoms with Crippen molar-refractivity contribution in [3.8, 4) is 0 Å². The average Bonchev–Trinajstić information content (AvgIpc) is 2.27. The zero-order valence-electron chi connectivity index (χ0n) is 8.70. The Morgan fingerprint density at radius 3 is 2.81 bits per heavy atom. The highest BCUT2D eigenvalue weighted by Crippen LogP contribution is 2.21. The Balaban J connectivity index is 2.75. The molecule has 1 N–H and O–H groups in total. The van der Waals surface area contributed by atoms with E-state index in [2.05, 4.69) is 20.9 Å². The second-order valence-electron chi connectivity index (χ2n) is 3.48. The first-order valence-electron chi connectivity index (χ1n) is 4.94. The topological polar surface area (TPSA) is 50.2 Å². The molecule has 0 fully saturated rings. The van der Waals surface area contributed by atoms with Gasteiger partial charge in [-0.3, -0.25) is 4.98 Å². The van der Waals surface area contributed by atoms with Crippen molar-refractivity contribution in [2.45, 2.75) is 13.3 Å². The Kier molecular flexibility index (Phi) is 2.92. The minimum Gasteiger partial charge on any atom is -0.478 e. The Morgan fingerprint density at radius 1 is 1.44 bits per heavy atom. The summed E-state index contributed by atoms with van der Waals surface area (Å²) in [5.74, 6) is -0.925. The lowest BCUT2D eigenvalue weighted by Crippen LogP contribution is -2.04. The van der Waals surface area contributed by atoms with Crippen LogP contribution in [0.2, 0.25) is 0 Å². The lowest BCUT2D eigenvalue weighted by Gasteiger charge is -2.05. The van der Waals surface area contributed by atoms with E-state index in [0.29, 0.717) is 12.1 Å². The second kappa shape index (κ2) is 4.22. The normalized spacial score (nSPS) is 10.6. The number of nitrogens with zero attached hydrogens (tertiary/aromatic N) is 1. The molecule has 0 aliphatic heterocycles. The summed E-state index contributed by atoms with van der Waals surface area (Å²) in [6.45, 7) is 1.90. The maximum atomic E-state index is 11.1. The maximum Gasteiger partial charge on any atom is 0.337 e. The number of aromatic nitrogens is 1. The lowest BCUT2D eigenvalue weighted by molar-refractivity contribution is 0.0695. The van der Waals surface area contributed by atoms with Crippen LogP contribution < -0.4 is 0 Å². The summed E-state index contributed by atoms with van der Waals surface area (Å²) in [6.07, 6.45) is 0.619. The van der Waals surface area contributed by atoms with Crippen molar-refractivity contribution >= 4 is 32.8 Å². The van der Waals surface area contributed by atoms with Crippen molar-refractivity contribution in [2.24, 2.45) is 0 Å². The van der Waals surface area contributed by atoms with Gasteiger partial charge in [0.05, 0.1) is 16.8 Å². The number of halogens is 1. The number of hydrogen-bond donors (Lipinski definition) is 1. The molecule has 16 heavy (non-hydrogen) atoms. The number of benzene rings is 1. The molecule has 0 atom stereocenters. The Bertz CT molecular complexity index is 566. The number of rotatable bonds is 2. The third kappa shape index (κ3) is 1.93. The van der Waals surface area contributed by atoms with Crippen molar-refractivity contribution in [3.05, 3.63) is 40.0 Å². The van der Waals surface area contributed by atoms with Gasteiger partial charge < -0.3 is 5.11 Å². The van der Waals surface area contributed by atoms with Gasteiger partial charge in [-0.05, 0) is 30.7 Å². The summed E-state index contributed by atoms with van der Waals surface area (Å²) in [7, 11) is 0. The van der Waals surface area contributed by atoms with Crippen LogP contribution >= 0.6 is 15.9 Å². The van der Waals surface area contributed by atoms with Crippen LogP contribution in [0.5, 0.6) is 0 Å². The van der Waals surface area contributed by atoms with Crippen LogP contribution in [0.3, 0.4) is 0 Å². The van der Waals surface area contributed by atoms with Crippen LogP contribution in [0, 0.1) is 0 Å². The quantitative estimate of drug-likeness (QED) is 0.918. The second-order valence-corrected chi connectivity index (χ2v) is 4.39. The fourth-order valence-electron chi connectivity index (χ4n) is 1.64. The summed E-state index contributed by atoms with van der Waals surface area (Å²) in [5.41, 5.74) is 1.74. The molecule has 0 aliphatic rings. The van der Waals surface area contributed by atoms with E-state index in [-0.39, 0.29) is 5.56 Å². The molecule has 0 spiro atoms. The minimum absolute atomic E-state index is 0.285. The van der Waals surface area contributed by atoms with Gasteiger partial charge in [0, 0.05) is 9.86 Å². The molecule has 0 unspecified atom stereocenters. The van der Waals surface area contributed by atoms with Crippen LogP contribution in [0.25, 0.3) is 10.9 Å². The molecular formula is C12H10BrNO2. The summed E-state index contributed by atoms with van der Waals surface area (Å²) in [6, 6.07) is 7.32. The van der Waals surface area contributed by atoms with Gasteiger partial charge in [0.15, 0.2) is 0 Å². The Hall–Kier alpha value is -1.42. The van der Waals surface area contributed by atoms with Gasteiger partial charge in [-0.25, -0.2) is 4.79 Å². The molecule has 2 rings (SSSR count). The van der Waals surface area contributed by atoms with Gasteiger partial charge in [-0.1, -0.05) is 22.9 Å². The van der Waals surface area contributed by atoms with Gasteiger partial charge in [0.25, 0.3) is 0 Å². The number of aryl methyl sites for hydroxylation is 1. The SMILES string of the molecule is CCc1nc2ccc(Br)cc2cc1C(=O)O. The highest BCUT2D eigenvalue weighted by molar-refractivity contribution is 9.10. The zero-order chi connectivity index (χ0) is 11.7. The molecule has 0 radical (unpaired) electrons. The van der Waals surface area contributed by atoms with E-state index in [1.165, 1.54) is 0 Å². The van der Waals surface area contributed by atoms with Crippen molar-refractivity contribution in [1.29, 1.82) is 0 Å². The van der Waals surface area contributed by atoms with E-state index >= 15 is 0 Å². The fourth-order valence-corrected chi connectivity index (χ4v) is 2.02. The number of carboxylic acid groups (broad SMARTS) is 1. The first kappa shape index (κ1) is 11.1. The molecule has 0 bridgehead atoms. The summed E-state index contributed by atoms with van der Waals surface area (Å²) in [4.78, 5) is 15.4. The van der Waals surface area contributed by atoms with Gasteiger partial charge in [0.2, 0.25) is 0 Å². The van der Waals surface area contributed by atoms with Crippen LogP contribution in [0.1, 0.15) is 23.0 Å². The predicted molar refractivity (Wildman–Crippen MR) is 65.8 cm³/mol. The Labute approximate surface area is 101 Å². The summed E-state index contributed by atoms with van der Waals surface area (Å²) < 4.78 is 0.919. The standard InChI is InChI=1S/C12H10BrNO2/c1-2-10-9(12(15)16)6-7-5-8(13)3-4-11(7)14-10/h3-6H,2H2,1H3,(H,15,16). The third-order valence-electron chi connectivity index (χ3n) is 2.42. The highest BCUT2D eigenvalue weighted by Gasteiger charge is 2.11. The fraction of sp³-hybridized carbons (Fsp3) is 0.167.